The maximum atomic E-state index is 12.9. The van der Waals surface area contributed by atoms with Crippen LogP contribution in [-0.2, 0) is 4.79 Å². The number of nitrogens with zero attached hydrogens (tertiary/aromatic N) is 1. The summed E-state index contributed by atoms with van der Waals surface area (Å²) in [4.78, 5) is 14.9. The van der Waals surface area contributed by atoms with Crippen LogP contribution in [-0.4, -0.2) is 16.8 Å². The van der Waals surface area contributed by atoms with Crippen molar-refractivity contribution in [2.45, 2.75) is 40.0 Å². The minimum atomic E-state index is -3.33. The van der Waals surface area contributed by atoms with Crippen LogP contribution >= 0.6 is 0 Å². The molecule has 0 aliphatic carbocycles. The molecular weight excluding hydrogens is 226 g/mol. The highest BCUT2D eigenvalue weighted by Crippen LogP contribution is 2.20. The molecule has 1 N–H and O–H groups in total. The molecule has 0 aliphatic heterocycles. The van der Waals surface area contributed by atoms with E-state index in [1.54, 1.807) is 19.2 Å². The molecule has 17 heavy (non-hydrogen) atoms. The van der Waals surface area contributed by atoms with Gasteiger partial charge in [0.1, 0.15) is 0 Å². The quantitative estimate of drug-likeness (QED) is 0.885. The summed E-state index contributed by atoms with van der Waals surface area (Å²) in [6.07, 6.45) is 2.39. The van der Waals surface area contributed by atoms with Gasteiger partial charge in [0, 0.05) is 12.6 Å². The molecule has 0 unspecified atom stereocenters. The van der Waals surface area contributed by atoms with Gasteiger partial charge in [-0.2, -0.15) is 8.78 Å². The summed E-state index contributed by atoms with van der Waals surface area (Å²) in [5.41, 5.74) is 1.08. The van der Waals surface area contributed by atoms with Gasteiger partial charge in [-0.1, -0.05) is 20.8 Å². The largest absolute Gasteiger partial charge is 0.324 e. The minimum absolute atomic E-state index is 0.285. The van der Waals surface area contributed by atoms with Crippen LogP contribution in [0.15, 0.2) is 18.5 Å². The molecule has 1 rings (SSSR count). The molecule has 0 saturated carbocycles. The summed E-state index contributed by atoms with van der Waals surface area (Å²) >= 11 is 0. The normalized spacial score (nSPS) is 10.2. The Balaban J connectivity index is 0.00000121. The third kappa shape index (κ3) is 4.89. The zero-order valence-corrected chi connectivity index (χ0v) is 10.6. The lowest BCUT2D eigenvalue weighted by Crippen LogP contribution is -2.33. The Morgan fingerprint density at radius 1 is 1.41 bits per heavy atom. The van der Waals surface area contributed by atoms with E-state index < -0.39 is 18.3 Å². The molecule has 0 radical (unpaired) electrons. The van der Waals surface area contributed by atoms with Crippen molar-refractivity contribution in [3.63, 3.8) is 0 Å². The van der Waals surface area contributed by atoms with Gasteiger partial charge in [-0.3, -0.25) is 9.78 Å². The highest BCUT2D eigenvalue weighted by molar-refractivity contribution is 5.95. The van der Waals surface area contributed by atoms with Gasteiger partial charge in [0.05, 0.1) is 11.9 Å². The number of pyridine rings is 1. The van der Waals surface area contributed by atoms with Crippen LogP contribution in [0.1, 0.15) is 32.8 Å². The number of aryl methyl sites for hydroxylation is 1. The lowest BCUT2D eigenvalue weighted by molar-refractivity contribution is -0.139. The van der Waals surface area contributed by atoms with Crippen molar-refractivity contribution in [2.24, 2.45) is 0 Å². The maximum Gasteiger partial charge on any atom is 0.324 e. The lowest BCUT2D eigenvalue weighted by atomic mass is 10.2. The third-order valence-corrected chi connectivity index (χ3v) is 1.91. The predicted octanol–water partition coefficient (Wildman–Crippen LogP) is 3.40. The summed E-state index contributed by atoms with van der Waals surface area (Å²) in [5.74, 6) is -4.62. The maximum absolute atomic E-state index is 12.9. The van der Waals surface area contributed by atoms with Gasteiger partial charge in [0.2, 0.25) is 0 Å². The molecule has 1 aromatic rings. The first-order chi connectivity index (χ1) is 7.95. The molecular formula is C12H18F2N2O. The first-order valence-electron chi connectivity index (χ1n) is 5.56. The van der Waals surface area contributed by atoms with Gasteiger partial charge in [0.15, 0.2) is 0 Å². The average Bonchev–Trinajstić information content (AvgIpc) is 2.31. The van der Waals surface area contributed by atoms with E-state index in [4.69, 9.17) is 0 Å². The first kappa shape index (κ1) is 15.5. The van der Waals surface area contributed by atoms with Crippen molar-refractivity contribution in [2.75, 3.05) is 5.32 Å². The van der Waals surface area contributed by atoms with Gasteiger partial charge >= 0.3 is 5.92 Å². The van der Waals surface area contributed by atoms with Crippen molar-refractivity contribution in [3.8, 4) is 0 Å². The van der Waals surface area contributed by atoms with E-state index in [0.29, 0.717) is 0 Å². The summed E-state index contributed by atoms with van der Waals surface area (Å²) in [6.45, 7) is 7.02. The van der Waals surface area contributed by atoms with Gasteiger partial charge in [-0.05, 0) is 18.6 Å². The van der Waals surface area contributed by atoms with Crippen molar-refractivity contribution >= 4 is 11.6 Å². The molecule has 0 saturated heterocycles. The molecule has 0 spiro atoms. The zero-order chi connectivity index (χ0) is 13.5. The van der Waals surface area contributed by atoms with E-state index in [1.165, 1.54) is 13.1 Å². The smallest absolute Gasteiger partial charge is 0.319 e. The highest BCUT2D eigenvalue weighted by atomic mass is 19.3. The molecule has 1 amide bonds. The predicted molar refractivity (Wildman–Crippen MR) is 64.2 cm³/mol. The van der Waals surface area contributed by atoms with Crippen LogP contribution in [0.25, 0.3) is 0 Å². The number of anilines is 1. The van der Waals surface area contributed by atoms with Gasteiger partial charge in [-0.25, -0.2) is 0 Å². The van der Waals surface area contributed by atoms with E-state index in [2.05, 4.69) is 10.3 Å². The molecule has 1 aromatic heterocycles. The van der Waals surface area contributed by atoms with Crippen molar-refractivity contribution < 1.29 is 13.6 Å². The standard InChI is InChI=1S/C10H12F2N2O.C2H6/c1-3-10(11,12)9(15)14-8-4-7(2)5-13-6-8;1-2/h4-6H,3H2,1-2H3,(H,14,15);1-2H3. The Bertz CT molecular complexity index is 367. The Labute approximate surface area is 100 Å². The van der Waals surface area contributed by atoms with Crippen LogP contribution in [0.4, 0.5) is 14.5 Å². The van der Waals surface area contributed by atoms with E-state index >= 15 is 0 Å². The van der Waals surface area contributed by atoms with E-state index in [-0.39, 0.29) is 5.69 Å². The first-order valence-corrected chi connectivity index (χ1v) is 5.56. The lowest BCUT2D eigenvalue weighted by Gasteiger charge is -2.13. The minimum Gasteiger partial charge on any atom is -0.319 e. The van der Waals surface area contributed by atoms with Gasteiger partial charge in [-0.15, -0.1) is 0 Å². The molecule has 0 aromatic carbocycles. The second-order valence-corrected chi connectivity index (χ2v) is 3.26. The molecule has 96 valence electrons. The zero-order valence-electron chi connectivity index (χ0n) is 10.6. The number of hydrogen-bond acceptors (Lipinski definition) is 2. The molecule has 0 aliphatic rings. The van der Waals surface area contributed by atoms with Gasteiger partial charge in [0.25, 0.3) is 5.91 Å². The van der Waals surface area contributed by atoms with Crippen molar-refractivity contribution in [1.29, 1.82) is 0 Å². The van der Waals surface area contributed by atoms with Gasteiger partial charge < -0.3 is 5.32 Å². The monoisotopic (exact) mass is 244 g/mol. The summed E-state index contributed by atoms with van der Waals surface area (Å²) in [5, 5.41) is 2.12. The van der Waals surface area contributed by atoms with E-state index in [0.717, 1.165) is 5.56 Å². The molecule has 0 atom stereocenters. The number of aromatic nitrogens is 1. The number of carbonyl (C=O) groups excluding carboxylic acids is 1. The second-order valence-electron chi connectivity index (χ2n) is 3.26. The SMILES string of the molecule is CC.CCC(F)(F)C(=O)Nc1cncc(C)c1. The number of nitrogens with one attached hydrogen (secondary N) is 1. The average molecular weight is 244 g/mol. The molecule has 0 fully saturated rings. The number of carbonyl (C=O) groups is 1. The number of halogens is 2. The van der Waals surface area contributed by atoms with Crippen molar-refractivity contribution in [3.05, 3.63) is 24.0 Å². The van der Waals surface area contributed by atoms with Crippen LogP contribution in [0.5, 0.6) is 0 Å². The van der Waals surface area contributed by atoms with Crippen LogP contribution in [0.3, 0.4) is 0 Å². The fourth-order valence-corrected chi connectivity index (χ4v) is 1.01. The summed E-state index contributed by atoms with van der Waals surface area (Å²) in [7, 11) is 0. The molecule has 0 bridgehead atoms. The summed E-state index contributed by atoms with van der Waals surface area (Å²) < 4.78 is 25.8. The van der Waals surface area contributed by atoms with E-state index in [1.807, 2.05) is 13.8 Å². The molecule has 5 heteroatoms. The Kier molecular flexibility index (Phi) is 6.31. The fraction of sp³-hybridized carbons (Fsp3) is 0.500. The fourth-order valence-electron chi connectivity index (χ4n) is 1.01. The van der Waals surface area contributed by atoms with E-state index in [9.17, 15) is 13.6 Å². The van der Waals surface area contributed by atoms with Crippen LogP contribution < -0.4 is 5.32 Å². The number of amides is 1. The molecule has 3 nitrogen and oxygen atoms in total. The Hall–Kier alpha value is -1.52. The Morgan fingerprint density at radius 2 is 2.00 bits per heavy atom. The number of rotatable bonds is 3. The highest BCUT2D eigenvalue weighted by Gasteiger charge is 2.36. The molecule has 1 heterocycles. The third-order valence-electron chi connectivity index (χ3n) is 1.91. The van der Waals surface area contributed by atoms with Crippen molar-refractivity contribution in [1.82, 2.24) is 4.98 Å². The van der Waals surface area contributed by atoms with Crippen LogP contribution in [0, 0.1) is 6.92 Å². The number of alkyl halides is 2. The van der Waals surface area contributed by atoms with Crippen LogP contribution in [0.2, 0.25) is 0 Å². The Morgan fingerprint density at radius 3 is 2.47 bits per heavy atom. The number of hydrogen-bond donors (Lipinski definition) is 1. The topological polar surface area (TPSA) is 42.0 Å². The summed E-state index contributed by atoms with van der Waals surface area (Å²) in [6, 6.07) is 1.58. The second kappa shape index (κ2) is 6.93.